The summed E-state index contributed by atoms with van der Waals surface area (Å²) in [7, 11) is 0. The first-order chi connectivity index (χ1) is 11.1. The lowest BCUT2D eigenvalue weighted by Crippen LogP contribution is -2.49. The third-order valence-electron chi connectivity index (χ3n) is 3.89. The molecule has 0 bridgehead atoms. The molecule has 3 heterocycles. The fraction of sp³-hybridized carbons (Fsp3) is 0.438. The summed E-state index contributed by atoms with van der Waals surface area (Å²) in [6.07, 6.45) is 5.17. The number of aromatic nitrogens is 2. The Bertz CT molecular complexity index is 677. The molecule has 122 valence electrons. The third kappa shape index (κ3) is 3.80. The number of hydrogen-bond acceptors (Lipinski definition) is 4. The van der Waals surface area contributed by atoms with Gasteiger partial charge in [-0.2, -0.15) is 5.10 Å². The van der Waals surface area contributed by atoms with E-state index in [9.17, 15) is 9.59 Å². The van der Waals surface area contributed by atoms with Crippen LogP contribution >= 0.6 is 0 Å². The van der Waals surface area contributed by atoms with E-state index >= 15 is 0 Å². The van der Waals surface area contributed by atoms with Gasteiger partial charge >= 0.3 is 0 Å². The molecule has 1 saturated heterocycles. The molecule has 0 spiro atoms. The van der Waals surface area contributed by atoms with Crippen LogP contribution in [0.5, 0.6) is 0 Å². The number of nitrogens with one attached hydrogen (secondary N) is 1. The van der Waals surface area contributed by atoms with Crippen LogP contribution in [0.4, 0.5) is 0 Å². The Hall–Kier alpha value is -2.57. The van der Waals surface area contributed by atoms with Gasteiger partial charge in [0.05, 0.1) is 6.26 Å². The molecule has 0 aliphatic carbocycles. The Morgan fingerprint density at radius 2 is 2.30 bits per heavy atom. The van der Waals surface area contributed by atoms with Crippen LogP contribution in [0, 0.1) is 0 Å². The second kappa shape index (κ2) is 6.68. The topological polar surface area (TPSA) is 80.4 Å². The number of furan rings is 1. The van der Waals surface area contributed by atoms with Gasteiger partial charge in [0.15, 0.2) is 5.76 Å². The standard InChI is InChI=1S/C16H20N4O3/c1-12(21)17-13-4-2-7-19(10-13)16(22)11-20-8-6-14(18-20)15-5-3-9-23-15/h3,5-6,8-9,13H,2,4,7,10-11H2,1H3,(H,17,21). The summed E-state index contributed by atoms with van der Waals surface area (Å²) in [5, 5.41) is 7.25. The van der Waals surface area contributed by atoms with E-state index in [2.05, 4.69) is 10.4 Å². The first-order valence-corrected chi connectivity index (χ1v) is 7.74. The highest BCUT2D eigenvalue weighted by atomic mass is 16.3. The smallest absolute Gasteiger partial charge is 0.244 e. The van der Waals surface area contributed by atoms with E-state index < -0.39 is 0 Å². The van der Waals surface area contributed by atoms with E-state index in [4.69, 9.17) is 4.42 Å². The molecule has 2 aromatic rings. The van der Waals surface area contributed by atoms with Crippen molar-refractivity contribution in [1.82, 2.24) is 20.0 Å². The number of likely N-dealkylation sites (tertiary alicyclic amines) is 1. The molecule has 7 nitrogen and oxygen atoms in total. The molecule has 2 amide bonds. The molecule has 0 radical (unpaired) electrons. The molecule has 1 fully saturated rings. The number of rotatable bonds is 4. The number of nitrogens with zero attached hydrogens (tertiary/aromatic N) is 3. The van der Waals surface area contributed by atoms with Crippen LogP contribution < -0.4 is 5.32 Å². The van der Waals surface area contributed by atoms with E-state index in [1.165, 1.54) is 6.92 Å². The van der Waals surface area contributed by atoms with E-state index in [1.807, 2.05) is 12.1 Å². The molecule has 1 aliphatic rings. The van der Waals surface area contributed by atoms with Crippen molar-refractivity contribution in [2.75, 3.05) is 13.1 Å². The lowest BCUT2D eigenvalue weighted by atomic mass is 10.1. The summed E-state index contributed by atoms with van der Waals surface area (Å²) >= 11 is 0. The summed E-state index contributed by atoms with van der Waals surface area (Å²) in [6.45, 7) is 2.97. The van der Waals surface area contributed by atoms with Crippen molar-refractivity contribution >= 4 is 11.8 Å². The van der Waals surface area contributed by atoms with Gasteiger partial charge in [0.25, 0.3) is 0 Å². The van der Waals surface area contributed by atoms with Crippen LogP contribution in [0.2, 0.25) is 0 Å². The number of hydrogen-bond donors (Lipinski definition) is 1. The molecular weight excluding hydrogens is 296 g/mol. The minimum absolute atomic E-state index is 0.00847. The molecule has 1 unspecified atom stereocenters. The minimum Gasteiger partial charge on any atom is -0.463 e. The summed E-state index contributed by atoms with van der Waals surface area (Å²) in [4.78, 5) is 25.4. The summed E-state index contributed by atoms with van der Waals surface area (Å²) < 4.78 is 6.91. The van der Waals surface area contributed by atoms with Crippen LogP contribution in [0.3, 0.4) is 0 Å². The third-order valence-corrected chi connectivity index (χ3v) is 3.89. The number of amides is 2. The van der Waals surface area contributed by atoms with Gasteiger partial charge in [-0.3, -0.25) is 14.3 Å². The minimum atomic E-state index is -0.0561. The second-order valence-electron chi connectivity index (χ2n) is 5.76. The summed E-state index contributed by atoms with van der Waals surface area (Å²) in [5.41, 5.74) is 0.706. The Balaban J connectivity index is 1.59. The molecule has 1 aliphatic heterocycles. The number of carbonyl (C=O) groups is 2. The van der Waals surface area contributed by atoms with Crippen LogP contribution in [0.1, 0.15) is 19.8 Å². The molecule has 1 N–H and O–H groups in total. The van der Waals surface area contributed by atoms with Gasteiger partial charge in [0, 0.05) is 32.3 Å². The summed E-state index contributed by atoms with van der Waals surface area (Å²) in [6, 6.07) is 5.50. The maximum atomic E-state index is 12.4. The Labute approximate surface area is 134 Å². The molecule has 23 heavy (non-hydrogen) atoms. The zero-order chi connectivity index (χ0) is 16.2. The Morgan fingerprint density at radius 3 is 3.04 bits per heavy atom. The molecule has 0 saturated carbocycles. The van der Waals surface area contributed by atoms with Gasteiger partial charge in [0.1, 0.15) is 12.2 Å². The van der Waals surface area contributed by atoms with Crippen molar-refractivity contribution < 1.29 is 14.0 Å². The average molecular weight is 316 g/mol. The van der Waals surface area contributed by atoms with Crippen LogP contribution in [0.25, 0.3) is 11.5 Å². The largest absolute Gasteiger partial charge is 0.463 e. The van der Waals surface area contributed by atoms with Crippen molar-refractivity contribution in [1.29, 1.82) is 0 Å². The first kappa shape index (κ1) is 15.3. The Kier molecular flexibility index (Phi) is 4.45. The highest BCUT2D eigenvalue weighted by molar-refractivity contribution is 5.76. The van der Waals surface area contributed by atoms with Crippen molar-refractivity contribution in [3.8, 4) is 11.5 Å². The lowest BCUT2D eigenvalue weighted by molar-refractivity contribution is -0.134. The second-order valence-corrected chi connectivity index (χ2v) is 5.76. The van der Waals surface area contributed by atoms with E-state index in [1.54, 1.807) is 28.1 Å². The number of carbonyl (C=O) groups excluding carboxylic acids is 2. The van der Waals surface area contributed by atoms with Gasteiger partial charge in [-0.1, -0.05) is 0 Å². The summed E-state index contributed by atoms with van der Waals surface area (Å²) in [5.74, 6) is 0.633. The van der Waals surface area contributed by atoms with Crippen molar-refractivity contribution in [3.63, 3.8) is 0 Å². The van der Waals surface area contributed by atoms with Gasteiger partial charge in [-0.15, -0.1) is 0 Å². The molecule has 7 heteroatoms. The van der Waals surface area contributed by atoms with Crippen LogP contribution in [-0.2, 0) is 16.1 Å². The lowest BCUT2D eigenvalue weighted by Gasteiger charge is -2.33. The van der Waals surface area contributed by atoms with E-state index in [-0.39, 0.29) is 24.4 Å². The van der Waals surface area contributed by atoms with Crippen LogP contribution in [-0.4, -0.2) is 45.6 Å². The Morgan fingerprint density at radius 1 is 1.43 bits per heavy atom. The monoisotopic (exact) mass is 316 g/mol. The molecule has 1 atom stereocenters. The van der Waals surface area contributed by atoms with Gasteiger partial charge < -0.3 is 14.6 Å². The quantitative estimate of drug-likeness (QED) is 0.921. The van der Waals surface area contributed by atoms with E-state index in [0.29, 0.717) is 18.0 Å². The van der Waals surface area contributed by atoms with Crippen molar-refractivity contribution in [2.45, 2.75) is 32.4 Å². The predicted molar refractivity (Wildman–Crippen MR) is 83.3 cm³/mol. The van der Waals surface area contributed by atoms with E-state index in [0.717, 1.165) is 19.4 Å². The highest BCUT2D eigenvalue weighted by Crippen LogP contribution is 2.17. The van der Waals surface area contributed by atoms with Gasteiger partial charge in [-0.05, 0) is 31.0 Å². The van der Waals surface area contributed by atoms with Gasteiger partial charge in [0.2, 0.25) is 11.8 Å². The SMILES string of the molecule is CC(=O)NC1CCCN(C(=O)Cn2ccc(-c3ccco3)n2)C1. The fourth-order valence-corrected chi connectivity index (χ4v) is 2.85. The van der Waals surface area contributed by atoms with Crippen molar-refractivity contribution in [2.24, 2.45) is 0 Å². The molecular formula is C16H20N4O3. The number of piperidine rings is 1. The maximum absolute atomic E-state index is 12.4. The molecule has 2 aromatic heterocycles. The fourth-order valence-electron chi connectivity index (χ4n) is 2.85. The van der Waals surface area contributed by atoms with Crippen LogP contribution in [0.15, 0.2) is 35.1 Å². The predicted octanol–water partition coefficient (Wildman–Crippen LogP) is 1.27. The zero-order valence-electron chi connectivity index (χ0n) is 13.1. The van der Waals surface area contributed by atoms with Crippen molar-refractivity contribution in [3.05, 3.63) is 30.7 Å². The average Bonchev–Trinajstić information content (AvgIpc) is 3.17. The normalized spacial score (nSPS) is 18.0. The van der Waals surface area contributed by atoms with Gasteiger partial charge in [-0.25, -0.2) is 0 Å². The zero-order valence-corrected chi connectivity index (χ0v) is 13.1. The highest BCUT2D eigenvalue weighted by Gasteiger charge is 2.24. The molecule has 3 rings (SSSR count). The first-order valence-electron chi connectivity index (χ1n) is 7.74. The molecule has 0 aromatic carbocycles. The maximum Gasteiger partial charge on any atom is 0.244 e.